The number of amides is 1. The van der Waals surface area contributed by atoms with E-state index in [1.807, 2.05) is 60.5 Å². The number of hydrogen-bond donors (Lipinski definition) is 1. The molecule has 0 saturated carbocycles. The predicted molar refractivity (Wildman–Crippen MR) is 118 cm³/mol. The van der Waals surface area contributed by atoms with Crippen molar-refractivity contribution in [2.75, 3.05) is 6.54 Å². The number of ether oxygens (including phenoxy) is 1. The Morgan fingerprint density at radius 2 is 1.83 bits per heavy atom. The average molecular weight is 402 g/mol. The van der Waals surface area contributed by atoms with Crippen LogP contribution in [-0.4, -0.2) is 28.6 Å². The third-order valence-electron chi connectivity index (χ3n) is 5.81. The maximum Gasteiger partial charge on any atom is 0.411 e. The van der Waals surface area contributed by atoms with E-state index in [1.54, 1.807) is 6.20 Å². The topological polar surface area (TPSA) is 68.5 Å². The Kier molecular flexibility index (Phi) is 6.10. The highest BCUT2D eigenvalue weighted by Gasteiger charge is 2.38. The van der Waals surface area contributed by atoms with Gasteiger partial charge in [-0.1, -0.05) is 60.7 Å². The summed E-state index contributed by atoms with van der Waals surface area (Å²) in [5.41, 5.74) is 10.2. The Balaban J connectivity index is 1.55. The molecular weight excluding hydrogens is 374 g/mol. The number of pyridine rings is 1. The van der Waals surface area contributed by atoms with Crippen molar-refractivity contribution < 1.29 is 9.53 Å². The van der Waals surface area contributed by atoms with Gasteiger partial charge in [0.2, 0.25) is 0 Å². The third kappa shape index (κ3) is 4.21. The predicted octanol–water partition coefficient (Wildman–Crippen LogP) is 5.11. The zero-order valence-corrected chi connectivity index (χ0v) is 17.1. The number of cyclic esters (lactones) is 1. The van der Waals surface area contributed by atoms with Crippen LogP contribution in [0, 0.1) is 0 Å². The van der Waals surface area contributed by atoms with Crippen LogP contribution in [0.1, 0.15) is 43.0 Å². The maximum absolute atomic E-state index is 13.0. The molecule has 0 bridgehead atoms. The minimum Gasteiger partial charge on any atom is -0.441 e. The minimum absolute atomic E-state index is 0.0365. The molecule has 3 aromatic rings. The van der Waals surface area contributed by atoms with Crippen molar-refractivity contribution in [2.45, 2.75) is 38.0 Å². The van der Waals surface area contributed by atoms with Gasteiger partial charge < -0.3 is 10.5 Å². The summed E-state index contributed by atoms with van der Waals surface area (Å²) in [4.78, 5) is 19.1. The van der Waals surface area contributed by atoms with E-state index in [9.17, 15) is 4.79 Å². The molecule has 1 aliphatic rings. The van der Waals surface area contributed by atoms with Crippen LogP contribution in [0.15, 0.2) is 79.1 Å². The molecule has 1 saturated heterocycles. The number of hydrogen-bond acceptors (Lipinski definition) is 4. The SMILES string of the molecule is C[C@@H](c1ccc(-c2cccnc2)cc1)N1C(=O)OC(c2ccccc2)CC1CCN. The normalized spacial score (nSPS) is 19.9. The van der Waals surface area contributed by atoms with Crippen LogP contribution in [0.5, 0.6) is 0 Å². The van der Waals surface area contributed by atoms with E-state index in [0.29, 0.717) is 6.54 Å². The molecule has 2 N–H and O–H groups in total. The Morgan fingerprint density at radius 3 is 2.50 bits per heavy atom. The Hall–Kier alpha value is -3.18. The zero-order chi connectivity index (χ0) is 20.9. The number of rotatable bonds is 6. The van der Waals surface area contributed by atoms with Gasteiger partial charge in [-0.15, -0.1) is 0 Å². The molecular formula is C25H27N3O2. The molecule has 5 heteroatoms. The van der Waals surface area contributed by atoms with E-state index < -0.39 is 0 Å². The number of carbonyl (C=O) groups is 1. The van der Waals surface area contributed by atoms with Gasteiger partial charge in [-0.2, -0.15) is 0 Å². The first-order valence-electron chi connectivity index (χ1n) is 10.4. The highest BCUT2D eigenvalue weighted by Crippen LogP contribution is 2.37. The first kappa shape index (κ1) is 20.1. The lowest BCUT2D eigenvalue weighted by Crippen LogP contribution is -2.48. The molecule has 0 aliphatic carbocycles. The quantitative estimate of drug-likeness (QED) is 0.623. The van der Waals surface area contributed by atoms with E-state index in [0.717, 1.165) is 35.1 Å². The largest absolute Gasteiger partial charge is 0.441 e. The van der Waals surface area contributed by atoms with Crippen LogP contribution in [0.2, 0.25) is 0 Å². The Morgan fingerprint density at radius 1 is 1.07 bits per heavy atom. The number of benzene rings is 2. The van der Waals surface area contributed by atoms with E-state index >= 15 is 0 Å². The second-order valence-electron chi connectivity index (χ2n) is 7.70. The number of nitrogens with two attached hydrogens (primary N) is 1. The summed E-state index contributed by atoms with van der Waals surface area (Å²) in [5, 5.41) is 0. The fraction of sp³-hybridized carbons (Fsp3) is 0.280. The molecule has 2 unspecified atom stereocenters. The fourth-order valence-corrected chi connectivity index (χ4v) is 4.18. The van der Waals surface area contributed by atoms with Gasteiger partial charge in [0.15, 0.2) is 0 Å². The van der Waals surface area contributed by atoms with E-state index in [4.69, 9.17) is 10.5 Å². The third-order valence-corrected chi connectivity index (χ3v) is 5.81. The fourth-order valence-electron chi connectivity index (χ4n) is 4.18. The summed E-state index contributed by atoms with van der Waals surface area (Å²) < 4.78 is 5.84. The first-order chi connectivity index (χ1) is 14.7. The van der Waals surface area contributed by atoms with Gasteiger partial charge in [0.25, 0.3) is 0 Å². The van der Waals surface area contributed by atoms with Crippen molar-refractivity contribution in [3.05, 3.63) is 90.3 Å². The van der Waals surface area contributed by atoms with E-state index in [2.05, 4.69) is 29.2 Å². The molecule has 1 amide bonds. The summed E-state index contributed by atoms with van der Waals surface area (Å²) in [7, 11) is 0. The summed E-state index contributed by atoms with van der Waals surface area (Å²) in [5.74, 6) is 0. The monoisotopic (exact) mass is 401 g/mol. The maximum atomic E-state index is 13.0. The van der Waals surface area contributed by atoms with Crippen molar-refractivity contribution in [3.63, 3.8) is 0 Å². The van der Waals surface area contributed by atoms with Gasteiger partial charge >= 0.3 is 6.09 Å². The first-order valence-corrected chi connectivity index (χ1v) is 10.4. The van der Waals surface area contributed by atoms with Crippen molar-refractivity contribution >= 4 is 6.09 Å². The summed E-state index contributed by atoms with van der Waals surface area (Å²) in [6, 6.07) is 22.1. The highest BCUT2D eigenvalue weighted by atomic mass is 16.6. The molecule has 154 valence electrons. The second-order valence-corrected chi connectivity index (χ2v) is 7.70. The van der Waals surface area contributed by atoms with Crippen LogP contribution >= 0.6 is 0 Å². The van der Waals surface area contributed by atoms with Gasteiger partial charge in [0.05, 0.1) is 6.04 Å². The summed E-state index contributed by atoms with van der Waals surface area (Å²) in [6.45, 7) is 2.58. The van der Waals surface area contributed by atoms with E-state index in [-0.39, 0.29) is 24.3 Å². The second kappa shape index (κ2) is 9.09. The van der Waals surface area contributed by atoms with Crippen LogP contribution in [-0.2, 0) is 4.74 Å². The Labute approximate surface area is 177 Å². The Bertz CT molecular complexity index is 961. The van der Waals surface area contributed by atoms with Crippen LogP contribution in [0.3, 0.4) is 0 Å². The molecule has 30 heavy (non-hydrogen) atoms. The van der Waals surface area contributed by atoms with Gasteiger partial charge in [-0.05, 0) is 48.2 Å². The van der Waals surface area contributed by atoms with Crippen LogP contribution in [0.25, 0.3) is 11.1 Å². The molecule has 1 aliphatic heterocycles. The van der Waals surface area contributed by atoms with Crippen LogP contribution < -0.4 is 5.73 Å². The van der Waals surface area contributed by atoms with Crippen molar-refractivity contribution in [2.24, 2.45) is 5.73 Å². The van der Waals surface area contributed by atoms with Gasteiger partial charge in [0, 0.05) is 24.9 Å². The summed E-state index contributed by atoms with van der Waals surface area (Å²) in [6.07, 6.45) is 4.59. The van der Waals surface area contributed by atoms with Crippen molar-refractivity contribution in [1.82, 2.24) is 9.88 Å². The van der Waals surface area contributed by atoms with E-state index in [1.165, 1.54) is 0 Å². The number of carbonyl (C=O) groups excluding carboxylic acids is 1. The lowest BCUT2D eigenvalue weighted by Gasteiger charge is -2.42. The van der Waals surface area contributed by atoms with Gasteiger partial charge in [0.1, 0.15) is 6.10 Å². The smallest absolute Gasteiger partial charge is 0.411 e. The molecule has 3 atom stereocenters. The molecule has 2 aromatic carbocycles. The average Bonchev–Trinajstić information content (AvgIpc) is 2.80. The van der Waals surface area contributed by atoms with Gasteiger partial charge in [-0.25, -0.2) is 4.79 Å². The number of aromatic nitrogens is 1. The standard InChI is InChI=1S/C25H27N3O2/c1-18(19-9-11-20(12-10-19)22-8-5-15-27-17-22)28-23(13-14-26)16-24(30-25(28)29)21-6-3-2-4-7-21/h2-12,15,17-18,23-24H,13-14,16,26H2,1H3/t18-,23?,24?/m0/s1. The number of nitrogens with zero attached hydrogens (tertiary/aromatic N) is 2. The lowest BCUT2D eigenvalue weighted by molar-refractivity contribution is -0.0179. The molecule has 0 spiro atoms. The molecule has 1 fully saturated rings. The molecule has 5 nitrogen and oxygen atoms in total. The summed E-state index contributed by atoms with van der Waals surface area (Å²) >= 11 is 0. The van der Waals surface area contributed by atoms with Gasteiger partial charge in [-0.3, -0.25) is 9.88 Å². The highest BCUT2D eigenvalue weighted by molar-refractivity contribution is 5.70. The zero-order valence-electron chi connectivity index (χ0n) is 17.1. The molecule has 0 radical (unpaired) electrons. The van der Waals surface area contributed by atoms with Crippen LogP contribution in [0.4, 0.5) is 4.79 Å². The lowest BCUT2D eigenvalue weighted by atomic mass is 9.94. The molecule has 4 rings (SSSR count). The molecule has 1 aromatic heterocycles. The molecule has 2 heterocycles. The minimum atomic E-state index is -0.280. The van der Waals surface area contributed by atoms with Crippen molar-refractivity contribution in [1.29, 1.82) is 0 Å². The van der Waals surface area contributed by atoms with Crippen molar-refractivity contribution in [3.8, 4) is 11.1 Å².